The van der Waals surface area contributed by atoms with Crippen molar-refractivity contribution in [2.45, 2.75) is 102 Å². The zero-order valence-corrected chi connectivity index (χ0v) is 30.1. The van der Waals surface area contributed by atoms with Gasteiger partial charge in [0.1, 0.15) is 12.1 Å². The molecule has 13 heteroatoms. The minimum atomic E-state index is -3.69. The number of hydrogen-bond acceptors (Lipinski definition) is 12. The fraction of sp³-hybridized carbons (Fsp3) is 0.500. The van der Waals surface area contributed by atoms with Crippen molar-refractivity contribution in [2.75, 3.05) is 11.1 Å². The molecule has 49 heavy (non-hydrogen) atoms. The third-order valence-corrected chi connectivity index (χ3v) is 13.3. The number of fused-ring (bicyclic) bond motifs is 3. The molecule has 5 aromatic heterocycles. The van der Waals surface area contributed by atoms with E-state index in [1.807, 2.05) is 18.3 Å². The van der Waals surface area contributed by atoms with E-state index in [-0.39, 0.29) is 46.6 Å². The molecule has 1 saturated heterocycles. The van der Waals surface area contributed by atoms with E-state index in [1.165, 1.54) is 16.9 Å². The van der Waals surface area contributed by atoms with E-state index in [1.54, 1.807) is 13.3 Å². The fourth-order valence-corrected chi connectivity index (χ4v) is 11.5. The van der Waals surface area contributed by atoms with Crippen LogP contribution in [0.4, 0.5) is 5.82 Å². The summed E-state index contributed by atoms with van der Waals surface area (Å²) in [5, 5.41) is 12.3. The Bertz CT molecular complexity index is 2150. The van der Waals surface area contributed by atoms with Gasteiger partial charge in [-0.25, -0.2) is 18.4 Å². The summed E-state index contributed by atoms with van der Waals surface area (Å²) < 4.78 is 41.4. The van der Waals surface area contributed by atoms with Crippen molar-refractivity contribution >= 4 is 37.2 Å². The molecule has 5 aromatic rings. The highest BCUT2D eigenvalue weighted by Gasteiger charge is 2.43. The molecule has 256 valence electrons. The third-order valence-electron chi connectivity index (χ3n) is 10.3. The molecule has 3 aliphatic rings. The second kappa shape index (κ2) is 12.5. The number of aromatic nitrogens is 6. The molecule has 1 N–H and O–H groups in total. The van der Waals surface area contributed by atoms with Gasteiger partial charge in [0.05, 0.1) is 56.1 Å². The van der Waals surface area contributed by atoms with Crippen molar-refractivity contribution in [2.24, 2.45) is 11.8 Å². The summed E-state index contributed by atoms with van der Waals surface area (Å²) in [5.41, 5.74) is 5.65. The van der Waals surface area contributed by atoms with E-state index in [0.717, 1.165) is 64.4 Å². The molecule has 0 saturated carbocycles. The molecule has 0 radical (unpaired) electrons. The highest BCUT2D eigenvalue weighted by molar-refractivity contribution is 7.92. The van der Waals surface area contributed by atoms with Gasteiger partial charge in [0, 0.05) is 35.2 Å². The van der Waals surface area contributed by atoms with Crippen LogP contribution in [0.1, 0.15) is 93.9 Å². The Balaban J connectivity index is 1.30. The molecule has 0 spiro atoms. The fourth-order valence-electron chi connectivity index (χ4n) is 8.08. The maximum absolute atomic E-state index is 14.2. The first-order valence-electron chi connectivity index (χ1n) is 17.3. The number of aryl methyl sites for hydroxylation is 3. The molecule has 4 unspecified atom stereocenters. The number of ether oxygens (including phenoxy) is 1. The maximum Gasteiger partial charge on any atom is 0.250 e. The Morgan fingerprint density at radius 2 is 1.90 bits per heavy atom. The van der Waals surface area contributed by atoms with Crippen LogP contribution in [-0.4, -0.2) is 56.5 Å². The standard InChI is InChI=1S/C36H41N7O4S2/c1-18(2)24-16-49(44,45)34-31(29-15-28-33(48-29)35(39-17-38-28)41-26-11-10-25-23(26)7-6-12-37-25)30(36-43-42-21(5)47-36)27(40-32(24)34)9-8-22-13-19(3)46-20(4)14-22/h6-7,12,15,17-20,22,24,26H,8-11,13-14,16H2,1-5H3,(H,38,39,41). The minimum absolute atomic E-state index is 0.0212. The molecule has 4 atom stereocenters. The summed E-state index contributed by atoms with van der Waals surface area (Å²) in [6.07, 6.45) is 9.11. The summed E-state index contributed by atoms with van der Waals surface area (Å²) in [5.74, 6) is 1.76. The first kappa shape index (κ1) is 32.4. The molecule has 2 aliphatic heterocycles. The van der Waals surface area contributed by atoms with Crippen LogP contribution in [0.2, 0.25) is 0 Å². The molecule has 0 amide bonds. The highest BCUT2D eigenvalue weighted by Crippen LogP contribution is 2.51. The summed E-state index contributed by atoms with van der Waals surface area (Å²) in [7, 11) is -3.69. The van der Waals surface area contributed by atoms with E-state index in [0.29, 0.717) is 35.1 Å². The Morgan fingerprint density at radius 3 is 2.65 bits per heavy atom. The summed E-state index contributed by atoms with van der Waals surface area (Å²) in [6, 6.07) is 6.13. The largest absolute Gasteiger partial charge is 0.421 e. The number of thiophene rings is 1. The maximum atomic E-state index is 14.2. The SMILES string of the molecule is Cc1nnc(-c2c(CCC3CC(C)OC(C)C3)nc3c(c2-c2cc4ncnc(NC5CCc6ncccc65)c4s2)S(=O)(=O)CC3C(C)C)o1. The number of rotatable bonds is 8. The lowest BCUT2D eigenvalue weighted by molar-refractivity contribution is -0.0533. The van der Waals surface area contributed by atoms with Crippen molar-refractivity contribution in [1.29, 1.82) is 0 Å². The molecule has 1 fully saturated rings. The van der Waals surface area contributed by atoms with Crippen molar-refractivity contribution in [3.8, 4) is 21.9 Å². The van der Waals surface area contributed by atoms with E-state index < -0.39 is 9.84 Å². The van der Waals surface area contributed by atoms with Gasteiger partial charge in [0.15, 0.2) is 9.84 Å². The lowest BCUT2D eigenvalue weighted by atomic mass is 9.86. The normalized spacial score (nSPS) is 24.4. The van der Waals surface area contributed by atoms with Crippen LogP contribution in [0.5, 0.6) is 0 Å². The van der Waals surface area contributed by atoms with E-state index in [2.05, 4.69) is 64.2 Å². The lowest BCUT2D eigenvalue weighted by Crippen LogP contribution is -2.29. The topological polar surface area (TPSA) is 146 Å². The van der Waals surface area contributed by atoms with Gasteiger partial charge in [-0.15, -0.1) is 21.5 Å². The second-order valence-electron chi connectivity index (χ2n) is 14.2. The van der Waals surface area contributed by atoms with Gasteiger partial charge in [0.25, 0.3) is 0 Å². The average Bonchev–Trinajstić information content (AvgIpc) is 3.84. The van der Waals surface area contributed by atoms with Crippen LogP contribution in [0, 0.1) is 18.8 Å². The number of nitrogens with zero attached hydrogens (tertiary/aromatic N) is 6. The van der Waals surface area contributed by atoms with Gasteiger partial charge in [-0.3, -0.25) is 9.97 Å². The smallest absolute Gasteiger partial charge is 0.250 e. The van der Waals surface area contributed by atoms with E-state index >= 15 is 0 Å². The van der Waals surface area contributed by atoms with Gasteiger partial charge in [-0.2, -0.15) is 0 Å². The molecule has 7 heterocycles. The Morgan fingerprint density at radius 1 is 1.08 bits per heavy atom. The van der Waals surface area contributed by atoms with Gasteiger partial charge in [-0.1, -0.05) is 19.9 Å². The lowest BCUT2D eigenvalue weighted by Gasteiger charge is -2.32. The Labute approximate surface area is 290 Å². The summed E-state index contributed by atoms with van der Waals surface area (Å²) >= 11 is 1.49. The number of hydrogen-bond donors (Lipinski definition) is 1. The minimum Gasteiger partial charge on any atom is -0.421 e. The number of nitrogens with one attached hydrogen (secondary N) is 1. The highest BCUT2D eigenvalue weighted by atomic mass is 32.2. The van der Waals surface area contributed by atoms with Crippen molar-refractivity contribution in [3.05, 3.63) is 59.3 Å². The zero-order chi connectivity index (χ0) is 34.0. The summed E-state index contributed by atoms with van der Waals surface area (Å²) in [4.78, 5) is 20.1. The first-order valence-corrected chi connectivity index (χ1v) is 19.7. The molecular formula is C36H41N7O4S2. The predicted molar refractivity (Wildman–Crippen MR) is 188 cm³/mol. The quantitative estimate of drug-likeness (QED) is 0.174. The number of sulfone groups is 1. The number of pyridine rings is 2. The van der Waals surface area contributed by atoms with E-state index in [4.69, 9.17) is 14.1 Å². The van der Waals surface area contributed by atoms with Crippen LogP contribution in [0.25, 0.3) is 32.1 Å². The van der Waals surface area contributed by atoms with Crippen molar-refractivity contribution in [3.63, 3.8) is 0 Å². The van der Waals surface area contributed by atoms with Crippen LogP contribution in [0.3, 0.4) is 0 Å². The Hall–Kier alpha value is -3.81. The summed E-state index contributed by atoms with van der Waals surface area (Å²) in [6.45, 7) is 10.2. The first-order chi connectivity index (χ1) is 23.6. The van der Waals surface area contributed by atoms with Crippen LogP contribution in [-0.2, 0) is 27.4 Å². The second-order valence-corrected chi connectivity index (χ2v) is 17.3. The molecular weight excluding hydrogens is 659 g/mol. The molecule has 11 nitrogen and oxygen atoms in total. The van der Waals surface area contributed by atoms with Gasteiger partial charge < -0.3 is 14.5 Å². The van der Waals surface area contributed by atoms with Crippen LogP contribution < -0.4 is 5.32 Å². The van der Waals surface area contributed by atoms with Crippen molar-refractivity contribution < 1.29 is 17.6 Å². The van der Waals surface area contributed by atoms with Crippen LogP contribution in [0.15, 0.2) is 40.0 Å². The van der Waals surface area contributed by atoms with Crippen LogP contribution >= 0.6 is 11.3 Å². The van der Waals surface area contributed by atoms with Gasteiger partial charge >= 0.3 is 0 Å². The third kappa shape index (κ3) is 5.93. The molecule has 1 aliphatic carbocycles. The van der Waals surface area contributed by atoms with Crippen molar-refractivity contribution in [1.82, 2.24) is 30.1 Å². The Kier molecular flexibility index (Phi) is 8.27. The number of anilines is 1. The molecule has 0 aromatic carbocycles. The molecule has 0 bridgehead atoms. The zero-order valence-electron chi connectivity index (χ0n) is 28.4. The van der Waals surface area contributed by atoms with Gasteiger partial charge in [0.2, 0.25) is 11.8 Å². The molecule has 8 rings (SSSR count). The van der Waals surface area contributed by atoms with E-state index in [9.17, 15) is 8.42 Å². The monoisotopic (exact) mass is 699 g/mol. The average molecular weight is 700 g/mol. The predicted octanol–water partition coefficient (Wildman–Crippen LogP) is 7.27. The van der Waals surface area contributed by atoms with Gasteiger partial charge in [-0.05, 0) is 81.9 Å².